The fourth-order valence-electron chi connectivity index (χ4n) is 3.61. The molecule has 0 radical (unpaired) electrons. The first kappa shape index (κ1) is 18.2. The maximum Gasteiger partial charge on any atom is 0.150 e. The van der Waals surface area contributed by atoms with Crippen LogP contribution in [0.3, 0.4) is 0 Å². The Balaban J connectivity index is 1.49. The molecule has 0 aromatic heterocycles. The Kier molecular flexibility index (Phi) is 6.32. The lowest BCUT2D eigenvalue weighted by Gasteiger charge is -2.35. The second-order valence-corrected chi connectivity index (χ2v) is 7.14. The molecule has 1 aromatic rings. The summed E-state index contributed by atoms with van der Waals surface area (Å²) in [6.45, 7) is 9.38. The molecule has 4 nitrogen and oxygen atoms in total. The summed E-state index contributed by atoms with van der Waals surface area (Å²) >= 11 is 0. The van der Waals surface area contributed by atoms with Gasteiger partial charge in [0.05, 0.1) is 11.8 Å². The number of benzene rings is 1. The van der Waals surface area contributed by atoms with Crippen LogP contribution >= 0.6 is 0 Å². The fraction of sp³-hybridized carbons (Fsp3) is 0.600. The van der Waals surface area contributed by atoms with E-state index in [-0.39, 0.29) is 5.82 Å². The monoisotopic (exact) mass is 348 g/mol. The van der Waals surface area contributed by atoms with Gasteiger partial charge in [-0.2, -0.15) is 0 Å². The minimum Gasteiger partial charge on any atom is -0.461 e. The van der Waals surface area contributed by atoms with Crippen molar-refractivity contribution >= 4 is 5.69 Å². The van der Waals surface area contributed by atoms with Crippen LogP contribution in [-0.4, -0.2) is 43.8 Å². The van der Waals surface area contributed by atoms with E-state index in [9.17, 15) is 4.39 Å². The van der Waals surface area contributed by atoms with Crippen LogP contribution in [0.5, 0.6) is 5.75 Å². The third-order valence-corrected chi connectivity index (χ3v) is 4.84. The average Bonchev–Trinajstić information content (AvgIpc) is 2.61. The van der Waals surface area contributed by atoms with Gasteiger partial charge in [0, 0.05) is 45.1 Å². The molecule has 3 rings (SSSR count). The second-order valence-electron chi connectivity index (χ2n) is 7.14. The summed E-state index contributed by atoms with van der Waals surface area (Å²) in [5.74, 6) is 0.960. The van der Waals surface area contributed by atoms with E-state index in [1.165, 1.54) is 6.07 Å². The maximum atomic E-state index is 13.6. The number of piperidine rings is 1. The number of anilines is 1. The fourth-order valence-corrected chi connectivity index (χ4v) is 3.61. The van der Waals surface area contributed by atoms with Crippen LogP contribution in [0.25, 0.3) is 0 Å². The van der Waals surface area contributed by atoms with Crippen molar-refractivity contribution in [1.82, 2.24) is 4.90 Å². The average molecular weight is 348 g/mol. The summed E-state index contributed by atoms with van der Waals surface area (Å²) in [5.41, 5.74) is 0.807. The minimum absolute atomic E-state index is 0.232. The van der Waals surface area contributed by atoms with Gasteiger partial charge in [-0.05, 0) is 37.3 Å². The quantitative estimate of drug-likeness (QED) is 0.743. The van der Waals surface area contributed by atoms with Crippen LogP contribution in [0.4, 0.5) is 10.1 Å². The number of rotatable bonds is 7. The van der Waals surface area contributed by atoms with E-state index in [4.69, 9.17) is 9.47 Å². The standard InChI is InChI=1S/C20H29FN2O2/c1-3-11-24-18-6-8-22(9-7-18)14-16(2)15-23-10-12-25-20-5-4-17(21)13-19(20)23/h4-5,10,12-13,16,18H,3,6-9,11,14-15H2,1-2H3/t16-/m1/s1. The van der Waals surface area contributed by atoms with Gasteiger partial charge in [-0.25, -0.2) is 4.39 Å². The van der Waals surface area contributed by atoms with Gasteiger partial charge in [0.2, 0.25) is 0 Å². The molecule has 0 spiro atoms. The van der Waals surface area contributed by atoms with Crippen LogP contribution in [0.2, 0.25) is 0 Å². The van der Waals surface area contributed by atoms with Gasteiger partial charge < -0.3 is 19.3 Å². The molecule has 5 heteroatoms. The summed E-state index contributed by atoms with van der Waals surface area (Å²) in [7, 11) is 0. The summed E-state index contributed by atoms with van der Waals surface area (Å²) in [5, 5.41) is 0. The van der Waals surface area contributed by atoms with Crippen molar-refractivity contribution in [2.45, 2.75) is 39.2 Å². The molecule has 0 amide bonds. The molecule has 1 atom stereocenters. The second kappa shape index (κ2) is 8.68. The molecule has 1 aromatic carbocycles. The van der Waals surface area contributed by atoms with E-state index < -0.39 is 0 Å². The molecule has 0 unspecified atom stereocenters. The Labute approximate surface area is 150 Å². The lowest BCUT2D eigenvalue weighted by Crippen LogP contribution is -2.41. The Morgan fingerprint density at radius 2 is 2.08 bits per heavy atom. The number of hydrogen-bond acceptors (Lipinski definition) is 4. The van der Waals surface area contributed by atoms with Crippen molar-refractivity contribution in [3.8, 4) is 5.75 Å². The van der Waals surface area contributed by atoms with Crippen LogP contribution in [0.1, 0.15) is 33.1 Å². The van der Waals surface area contributed by atoms with Crippen LogP contribution in [0, 0.1) is 11.7 Å². The molecule has 138 valence electrons. The number of fused-ring (bicyclic) bond motifs is 1. The Morgan fingerprint density at radius 1 is 1.28 bits per heavy atom. The normalized spacial score (nSPS) is 19.6. The topological polar surface area (TPSA) is 24.9 Å². The van der Waals surface area contributed by atoms with Gasteiger partial charge in [0.1, 0.15) is 17.8 Å². The highest BCUT2D eigenvalue weighted by atomic mass is 19.1. The first-order chi connectivity index (χ1) is 12.2. The lowest BCUT2D eigenvalue weighted by atomic mass is 10.0. The van der Waals surface area contributed by atoms with Gasteiger partial charge in [-0.15, -0.1) is 0 Å². The SMILES string of the molecule is CCCOC1CCN(C[C@@H](C)CN2C=COc3ccc(F)cc32)CC1. The molecular weight excluding hydrogens is 319 g/mol. The number of likely N-dealkylation sites (tertiary alicyclic amines) is 1. The predicted molar refractivity (Wildman–Crippen MR) is 98.4 cm³/mol. The lowest BCUT2D eigenvalue weighted by molar-refractivity contribution is 0.00563. The number of ether oxygens (including phenoxy) is 2. The Hall–Kier alpha value is -1.59. The van der Waals surface area contributed by atoms with E-state index in [0.29, 0.717) is 17.8 Å². The summed E-state index contributed by atoms with van der Waals surface area (Å²) < 4.78 is 24.9. The third kappa shape index (κ3) is 4.95. The highest BCUT2D eigenvalue weighted by Gasteiger charge is 2.23. The maximum absolute atomic E-state index is 13.6. The highest BCUT2D eigenvalue weighted by Crippen LogP contribution is 2.33. The molecule has 0 saturated carbocycles. The van der Waals surface area contributed by atoms with E-state index in [1.807, 2.05) is 6.20 Å². The molecule has 1 saturated heterocycles. The van der Waals surface area contributed by atoms with E-state index in [0.717, 1.165) is 57.7 Å². The first-order valence-corrected chi connectivity index (χ1v) is 9.39. The smallest absolute Gasteiger partial charge is 0.150 e. The molecule has 2 aliphatic rings. The molecule has 2 heterocycles. The highest BCUT2D eigenvalue weighted by molar-refractivity contribution is 5.62. The van der Waals surface area contributed by atoms with E-state index >= 15 is 0 Å². The zero-order chi connectivity index (χ0) is 17.6. The van der Waals surface area contributed by atoms with Gasteiger partial charge in [0.15, 0.2) is 0 Å². The van der Waals surface area contributed by atoms with E-state index in [1.54, 1.807) is 18.4 Å². The van der Waals surface area contributed by atoms with Crippen LogP contribution in [0.15, 0.2) is 30.7 Å². The van der Waals surface area contributed by atoms with Crippen molar-refractivity contribution in [3.05, 3.63) is 36.5 Å². The molecule has 0 aliphatic carbocycles. The van der Waals surface area contributed by atoms with Gasteiger partial charge in [-0.1, -0.05) is 13.8 Å². The Bertz CT molecular complexity index is 585. The van der Waals surface area contributed by atoms with Crippen molar-refractivity contribution in [2.75, 3.05) is 37.7 Å². The molecule has 2 aliphatic heterocycles. The number of nitrogens with zero attached hydrogens (tertiary/aromatic N) is 2. The zero-order valence-electron chi connectivity index (χ0n) is 15.3. The van der Waals surface area contributed by atoms with Crippen molar-refractivity contribution in [3.63, 3.8) is 0 Å². The number of hydrogen-bond donors (Lipinski definition) is 0. The van der Waals surface area contributed by atoms with Crippen molar-refractivity contribution < 1.29 is 13.9 Å². The third-order valence-electron chi connectivity index (χ3n) is 4.84. The number of halogens is 1. The molecule has 0 N–H and O–H groups in total. The molecule has 1 fully saturated rings. The van der Waals surface area contributed by atoms with Crippen molar-refractivity contribution in [2.24, 2.45) is 5.92 Å². The largest absolute Gasteiger partial charge is 0.461 e. The van der Waals surface area contributed by atoms with Gasteiger partial charge in [-0.3, -0.25) is 0 Å². The molecule has 0 bridgehead atoms. The summed E-state index contributed by atoms with van der Waals surface area (Å²) in [4.78, 5) is 4.61. The van der Waals surface area contributed by atoms with Crippen molar-refractivity contribution in [1.29, 1.82) is 0 Å². The van der Waals surface area contributed by atoms with Gasteiger partial charge in [0.25, 0.3) is 0 Å². The Morgan fingerprint density at radius 3 is 2.84 bits per heavy atom. The molecular formula is C20H29FN2O2. The predicted octanol–water partition coefficient (Wildman–Crippen LogP) is 4.02. The van der Waals surface area contributed by atoms with Crippen LogP contribution in [-0.2, 0) is 4.74 Å². The first-order valence-electron chi connectivity index (χ1n) is 9.39. The van der Waals surface area contributed by atoms with Gasteiger partial charge >= 0.3 is 0 Å². The molecule has 25 heavy (non-hydrogen) atoms. The zero-order valence-corrected chi connectivity index (χ0v) is 15.3. The van der Waals surface area contributed by atoms with Crippen LogP contribution < -0.4 is 9.64 Å². The minimum atomic E-state index is -0.232. The summed E-state index contributed by atoms with van der Waals surface area (Å²) in [6, 6.07) is 4.67. The van der Waals surface area contributed by atoms with E-state index in [2.05, 4.69) is 23.6 Å². The summed E-state index contributed by atoms with van der Waals surface area (Å²) in [6.07, 6.45) is 7.33.